The van der Waals surface area contributed by atoms with Crippen LogP contribution in [0.2, 0.25) is 0 Å². The predicted octanol–water partition coefficient (Wildman–Crippen LogP) is 4.13. The molecule has 0 unspecified atom stereocenters. The molecule has 2 aromatic carbocycles. The molecule has 1 heterocycles. The number of hydrogen-bond acceptors (Lipinski definition) is 4. The lowest BCUT2D eigenvalue weighted by molar-refractivity contribution is 0.109. The van der Waals surface area contributed by atoms with Crippen molar-refractivity contribution < 1.29 is 13.2 Å². The van der Waals surface area contributed by atoms with E-state index in [0.29, 0.717) is 4.90 Å². The molecule has 1 aliphatic heterocycles. The van der Waals surface area contributed by atoms with Crippen molar-refractivity contribution in [2.75, 3.05) is 13.4 Å². The third-order valence-corrected chi connectivity index (χ3v) is 6.79. The maximum absolute atomic E-state index is 11.8. The highest BCUT2D eigenvalue weighted by molar-refractivity contribution is 7.90. The maximum Gasteiger partial charge on any atom is 0.175 e. The van der Waals surface area contributed by atoms with Gasteiger partial charge in [0, 0.05) is 24.9 Å². The fourth-order valence-electron chi connectivity index (χ4n) is 3.66. The number of benzene rings is 2. The highest BCUT2D eigenvalue weighted by Gasteiger charge is 2.32. The third-order valence-electron chi connectivity index (χ3n) is 5.68. The van der Waals surface area contributed by atoms with E-state index in [1.807, 2.05) is 12.1 Å². The lowest BCUT2D eigenvalue weighted by atomic mass is 9.93. The smallest absolute Gasteiger partial charge is 0.175 e. The second-order valence-electron chi connectivity index (χ2n) is 8.18. The first-order valence-electron chi connectivity index (χ1n) is 9.30. The summed E-state index contributed by atoms with van der Waals surface area (Å²) < 4.78 is 29.1. The highest BCUT2D eigenvalue weighted by atomic mass is 32.2. The van der Waals surface area contributed by atoms with Crippen molar-refractivity contribution >= 4 is 9.84 Å². The Morgan fingerprint density at radius 2 is 1.78 bits per heavy atom. The van der Waals surface area contributed by atoms with Crippen LogP contribution in [0.3, 0.4) is 0 Å². The number of aryl methyl sites for hydroxylation is 2. The van der Waals surface area contributed by atoms with Crippen molar-refractivity contribution in [2.24, 2.45) is 0 Å². The number of nitrogens with zero attached hydrogens (tertiary/aromatic N) is 1. The molecule has 0 amide bonds. The number of methoxy groups -OCH3 is 1. The first kappa shape index (κ1) is 19.9. The Bertz CT molecular complexity index is 948. The molecule has 0 spiro atoms. The van der Waals surface area contributed by atoms with Gasteiger partial charge in [-0.05, 0) is 74.1 Å². The summed E-state index contributed by atoms with van der Waals surface area (Å²) in [5, 5.41) is 0. The molecule has 1 aliphatic rings. The average Bonchev–Trinajstić information content (AvgIpc) is 3.04. The summed E-state index contributed by atoms with van der Waals surface area (Å²) >= 11 is 0. The normalized spacial score (nSPS) is 15.0. The van der Waals surface area contributed by atoms with Crippen LogP contribution in [-0.2, 0) is 29.3 Å². The second kappa shape index (κ2) is 7.28. The summed E-state index contributed by atoms with van der Waals surface area (Å²) in [4.78, 5) is 2.85. The molecule has 5 heteroatoms. The lowest BCUT2D eigenvalue weighted by Gasteiger charge is -2.35. The summed E-state index contributed by atoms with van der Waals surface area (Å²) in [5.74, 6) is 0.937. The number of fused-ring (bicyclic) bond motifs is 1. The minimum Gasteiger partial charge on any atom is -0.496 e. The second-order valence-corrected chi connectivity index (χ2v) is 10.2. The van der Waals surface area contributed by atoms with Crippen molar-refractivity contribution in [3.05, 3.63) is 58.7 Å². The minimum absolute atomic E-state index is 0.0163. The molecule has 0 atom stereocenters. The van der Waals surface area contributed by atoms with E-state index in [0.717, 1.165) is 42.8 Å². The van der Waals surface area contributed by atoms with Gasteiger partial charge < -0.3 is 4.74 Å². The zero-order valence-electron chi connectivity index (χ0n) is 16.9. The van der Waals surface area contributed by atoms with Gasteiger partial charge in [0.25, 0.3) is 0 Å². The van der Waals surface area contributed by atoms with Crippen LogP contribution in [0.15, 0.2) is 41.3 Å². The molecule has 0 radical (unpaired) electrons. The Morgan fingerprint density at radius 3 is 2.44 bits per heavy atom. The zero-order chi connectivity index (χ0) is 19.8. The molecular weight excluding hydrogens is 358 g/mol. The molecule has 4 nitrogen and oxygen atoms in total. The number of rotatable bonds is 6. The standard InChI is InChI=1S/C22H29NO3S/c1-16-6-7-17(12-21(16)26-4)10-11-22(2,3)23-14-18-8-9-20(27(5,24)25)13-19(18)15-23/h6-9,12-13H,10-11,14-15H2,1-5H3. The van der Waals surface area contributed by atoms with Crippen molar-refractivity contribution in [2.45, 2.75) is 57.1 Å². The number of ether oxygens (including phenoxy) is 1. The Balaban J connectivity index is 1.70. The Morgan fingerprint density at radius 1 is 1.07 bits per heavy atom. The van der Waals surface area contributed by atoms with Gasteiger partial charge in [0.2, 0.25) is 0 Å². The van der Waals surface area contributed by atoms with Crippen molar-refractivity contribution in [3.8, 4) is 5.75 Å². The van der Waals surface area contributed by atoms with Gasteiger partial charge in [-0.25, -0.2) is 8.42 Å². The Hall–Kier alpha value is -1.85. The SMILES string of the molecule is COc1cc(CCC(C)(C)N2Cc3ccc(S(C)(=O)=O)cc3C2)ccc1C. The molecule has 146 valence electrons. The van der Waals surface area contributed by atoms with Gasteiger partial charge in [0.05, 0.1) is 12.0 Å². The molecule has 0 aromatic heterocycles. The first-order valence-corrected chi connectivity index (χ1v) is 11.2. The zero-order valence-corrected chi connectivity index (χ0v) is 17.7. The molecule has 27 heavy (non-hydrogen) atoms. The average molecular weight is 388 g/mol. The summed E-state index contributed by atoms with van der Waals surface area (Å²) in [6, 6.07) is 11.9. The largest absolute Gasteiger partial charge is 0.496 e. The quantitative estimate of drug-likeness (QED) is 0.748. The van der Waals surface area contributed by atoms with Crippen LogP contribution in [0, 0.1) is 6.92 Å². The van der Waals surface area contributed by atoms with Crippen molar-refractivity contribution in [1.82, 2.24) is 4.90 Å². The van der Waals surface area contributed by atoms with Gasteiger partial charge in [-0.1, -0.05) is 18.2 Å². The maximum atomic E-state index is 11.8. The Labute approximate surface area is 163 Å². The number of sulfone groups is 1. The van der Waals surface area contributed by atoms with Crippen LogP contribution in [0.1, 0.15) is 42.5 Å². The van der Waals surface area contributed by atoms with Crippen LogP contribution >= 0.6 is 0 Å². The third kappa shape index (κ3) is 4.36. The van der Waals surface area contributed by atoms with Gasteiger partial charge in [0.1, 0.15) is 5.75 Å². The van der Waals surface area contributed by atoms with Gasteiger partial charge >= 0.3 is 0 Å². The van der Waals surface area contributed by atoms with E-state index in [9.17, 15) is 8.42 Å². The van der Waals surface area contributed by atoms with E-state index in [1.54, 1.807) is 13.2 Å². The molecule has 3 rings (SSSR count). The monoisotopic (exact) mass is 387 g/mol. The summed E-state index contributed by atoms with van der Waals surface area (Å²) in [7, 11) is -1.45. The van der Waals surface area contributed by atoms with E-state index in [2.05, 4.69) is 43.9 Å². The molecule has 0 N–H and O–H groups in total. The van der Waals surface area contributed by atoms with Gasteiger partial charge in [-0.15, -0.1) is 0 Å². The molecule has 0 fully saturated rings. The van der Waals surface area contributed by atoms with Crippen LogP contribution in [-0.4, -0.2) is 32.2 Å². The van der Waals surface area contributed by atoms with E-state index in [4.69, 9.17) is 4.74 Å². The van der Waals surface area contributed by atoms with Gasteiger partial charge in [-0.2, -0.15) is 0 Å². The van der Waals surface area contributed by atoms with Crippen LogP contribution in [0.5, 0.6) is 5.75 Å². The molecule has 0 bridgehead atoms. The van der Waals surface area contributed by atoms with E-state index in [-0.39, 0.29) is 5.54 Å². The van der Waals surface area contributed by atoms with Crippen LogP contribution in [0.4, 0.5) is 0 Å². The highest BCUT2D eigenvalue weighted by Crippen LogP contribution is 2.33. The molecule has 2 aromatic rings. The van der Waals surface area contributed by atoms with Crippen LogP contribution in [0.25, 0.3) is 0 Å². The summed E-state index contributed by atoms with van der Waals surface area (Å²) in [6.45, 7) is 8.24. The summed E-state index contributed by atoms with van der Waals surface area (Å²) in [5.41, 5.74) is 4.80. The first-order chi connectivity index (χ1) is 12.6. The van der Waals surface area contributed by atoms with Gasteiger partial charge in [0.15, 0.2) is 9.84 Å². The summed E-state index contributed by atoms with van der Waals surface area (Å²) in [6.07, 6.45) is 3.26. The van der Waals surface area contributed by atoms with E-state index in [1.165, 1.54) is 17.4 Å². The van der Waals surface area contributed by atoms with E-state index < -0.39 is 9.84 Å². The van der Waals surface area contributed by atoms with Crippen LogP contribution < -0.4 is 4.74 Å². The predicted molar refractivity (Wildman–Crippen MR) is 109 cm³/mol. The van der Waals surface area contributed by atoms with Gasteiger partial charge in [-0.3, -0.25) is 4.90 Å². The molecule has 0 saturated heterocycles. The molecular formula is C22H29NO3S. The molecule has 0 aliphatic carbocycles. The van der Waals surface area contributed by atoms with Crippen molar-refractivity contribution in [1.29, 1.82) is 0 Å². The minimum atomic E-state index is -3.16. The van der Waals surface area contributed by atoms with E-state index >= 15 is 0 Å². The Kier molecular flexibility index (Phi) is 5.37. The number of hydrogen-bond donors (Lipinski definition) is 0. The fraction of sp³-hybridized carbons (Fsp3) is 0.455. The molecule has 0 saturated carbocycles. The lowest BCUT2D eigenvalue weighted by Crippen LogP contribution is -2.40. The fourth-order valence-corrected chi connectivity index (χ4v) is 4.33. The van der Waals surface area contributed by atoms with Crippen molar-refractivity contribution in [3.63, 3.8) is 0 Å². The topological polar surface area (TPSA) is 46.6 Å².